The fourth-order valence-corrected chi connectivity index (χ4v) is 2.65. The van der Waals surface area contributed by atoms with Gasteiger partial charge in [-0.2, -0.15) is 0 Å². The maximum Gasteiger partial charge on any atom is 0.217 e. The third kappa shape index (κ3) is 5.25. The standard InChI is InChI=1S/C10H24N2O3S/c1-5-11-9-10(2)16(13,14)12(3)7-6-8-15-4/h10-11H,5-9H2,1-4H3. The third-order valence-electron chi connectivity index (χ3n) is 2.45. The van der Waals surface area contributed by atoms with Gasteiger partial charge in [-0.05, 0) is 19.9 Å². The lowest BCUT2D eigenvalue weighted by atomic mass is 10.4. The Labute approximate surface area is 99.2 Å². The second-order valence-electron chi connectivity index (χ2n) is 3.83. The Hall–Kier alpha value is -0.170. The highest BCUT2D eigenvalue weighted by Gasteiger charge is 2.24. The van der Waals surface area contributed by atoms with Crippen LogP contribution in [0.15, 0.2) is 0 Å². The highest BCUT2D eigenvalue weighted by Crippen LogP contribution is 2.06. The average Bonchev–Trinajstić information content (AvgIpc) is 2.25. The van der Waals surface area contributed by atoms with E-state index in [0.717, 1.165) is 13.0 Å². The molecule has 0 radical (unpaired) electrons. The van der Waals surface area contributed by atoms with E-state index in [2.05, 4.69) is 5.32 Å². The van der Waals surface area contributed by atoms with Gasteiger partial charge in [-0.25, -0.2) is 12.7 Å². The summed E-state index contributed by atoms with van der Waals surface area (Å²) < 4.78 is 30.3. The minimum Gasteiger partial charge on any atom is -0.385 e. The molecule has 0 fully saturated rings. The molecule has 5 nitrogen and oxygen atoms in total. The van der Waals surface area contributed by atoms with E-state index in [4.69, 9.17) is 4.74 Å². The number of hydrogen-bond acceptors (Lipinski definition) is 4. The summed E-state index contributed by atoms with van der Waals surface area (Å²) in [5, 5.41) is 2.66. The monoisotopic (exact) mass is 252 g/mol. The minimum absolute atomic E-state index is 0.389. The van der Waals surface area contributed by atoms with E-state index < -0.39 is 10.0 Å². The zero-order valence-electron chi connectivity index (χ0n) is 10.7. The van der Waals surface area contributed by atoms with Gasteiger partial charge < -0.3 is 10.1 Å². The zero-order valence-corrected chi connectivity index (χ0v) is 11.5. The molecule has 0 amide bonds. The molecule has 0 heterocycles. The molecule has 0 rings (SSSR count). The quantitative estimate of drug-likeness (QED) is 0.599. The van der Waals surface area contributed by atoms with Crippen molar-refractivity contribution >= 4 is 10.0 Å². The molecular formula is C10H24N2O3S. The van der Waals surface area contributed by atoms with Gasteiger partial charge in [-0.1, -0.05) is 6.92 Å². The van der Waals surface area contributed by atoms with Crippen molar-refractivity contribution in [2.75, 3.05) is 40.4 Å². The molecule has 0 saturated heterocycles. The summed E-state index contributed by atoms with van der Waals surface area (Å²) in [6.45, 7) is 6.06. The van der Waals surface area contributed by atoms with Crippen molar-refractivity contribution in [1.29, 1.82) is 0 Å². The molecule has 0 aliphatic rings. The van der Waals surface area contributed by atoms with Crippen LogP contribution >= 0.6 is 0 Å². The number of hydrogen-bond donors (Lipinski definition) is 1. The molecule has 0 bridgehead atoms. The van der Waals surface area contributed by atoms with E-state index in [9.17, 15) is 8.42 Å². The Morgan fingerprint density at radius 2 is 2.06 bits per heavy atom. The van der Waals surface area contributed by atoms with Crippen molar-refractivity contribution in [1.82, 2.24) is 9.62 Å². The normalized spacial score (nSPS) is 14.3. The van der Waals surface area contributed by atoms with E-state index in [0.29, 0.717) is 19.7 Å². The molecule has 0 aromatic heterocycles. The van der Waals surface area contributed by atoms with Crippen LogP contribution in [-0.4, -0.2) is 58.4 Å². The van der Waals surface area contributed by atoms with Gasteiger partial charge in [0.05, 0.1) is 5.25 Å². The lowest BCUT2D eigenvalue weighted by molar-refractivity contribution is 0.189. The molecular weight excluding hydrogens is 228 g/mol. The lowest BCUT2D eigenvalue weighted by Crippen LogP contribution is -2.40. The Balaban J connectivity index is 4.18. The van der Waals surface area contributed by atoms with Crippen LogP contribution in [0.4, 0.5) is 0 Å². The molecule has 0 saturated carbocycles. The summed E-state index contributed by atoms with van der Waals surface area (Å²) in [7, 11) is 0.0555. The molecule has 1 unspecified atom stereocenters. The van der Waals surface area contributed by atoms with Crippen molar-refractivity contribution in [3.8, 4) is 0 Å². The maximum atomic E-state index is 12.0. The number of methoxy groups -OCH3 is 1. The summed E-state index contributed by atoms with van der Waals surface area (Å²) in [6.07, 6.45) is 0.722. The molecule has 1 N–H and O–H groups in total. The second kappa shape index (κ2) is 8.00. The van der Waals surface area contributed by atoms with E-state index >= 15 is 0 Å². The topological polar surface area (TPSA) is 58.6 Å². The molecule has 0 aliphatic carbocycles. The first-order valence-corrected chi connectivity index (χ1v) is 7.12. The summed E-state index contributed by atoms with van der Waals surface area (Å²) >= 11 is 0. The van der Waals surface area contributed by atoms with Gasteiger partial charge in [-0.3, -0.25) is 0 Å². The van der Waals surface area contributed by atoms with Gasteiger partial charge in [0.15, 0.2) is 0 Å². The Kier molecular flexibility index (Phi) is 7.91. The fourth-order valence-electron chi connectivity index (χ4n) is 1.32. The van der Waals surface area contributed by atoms with Crippen molar-refractivity contribution in [2.24, 2.45) is 0 Å². The Bertz CT molecular complexity index is 267. The lowest BCUT2D eigenvalue weighted by Gasteiger charge is -2.21. The van der Waals surface area contributed by atoms with E-state index in [1.165, 1.54) is 4.31 Å². The second-order valence-corrected chi connectivity index (χ2v) is 6.29. The largest absolute Gasteiger partial charge is 0.385 e. The molecule has 1 atom stereocenters. The van der Waals surface area contributed by atoms with Gasteiger partial charge in [-0.15, -0.1) is 0 Å². The van der Waals surface area contributed by atoms with Gasteiger partial charge in [0.2, 0.25) is 10.0 Å². The predicted octanol–water partition coefficient (Wildman–Crippen LogP) is 0.283. The molecule has 98 valence electrons. The molecule has 6 heteroatoms. The SMILES string of the molecule is CCNCC(C)S(=O)(=O)N(C)CCCOC. The molecule has 16 heavy (non-hydrogen) atoms. The van der Waals surface area contributed by atoms with Crippen molar-refractivity contribution < 1.29 is 13.2 Å². The molecule has 0 aromatic rings. The highest BCUT2D eigenvalue weighted by atomic mass is 32.2. The first-order valence-electron chi connectivity index (χ1n) is 5.61. The van der Waals surface area contributed by atoms with Crippen molar-refractivity contribution in [3.05, 3.63) is 0 Å². The van der Waals surface area contributed by atoms with Gasteiger partial charge in [0, 0.05) is 33.9 Å². The van der Waals surface area contributed by atoms with E-state index in [-0.39, 0.29) is 5.25 Å². The smallest absolute Gasteiger partial charge is 0.217 e. The van der Waals surface area contributed by atoms with Gasteiger partial charge in [0.1, 0.15) is 0 Å². The summed E-state index contributed by atoms with van der Waals surface area (Å²) in [5.74, 6) is 0. The van der Waals surface area contributed by atoms with Crippen LogP contribution < -0.4 is 5.32 Å². The third-order valence-corrected chi connectivity index (χ3v) is 4.68. The van der Waals surface area contributed by atoms with Crippen molar-refractivity contribution in [3.63, 3.8) is 0 Å². The molecule has 0 aliphatic heterocycles. The van der Waals surface area contributed by atoms with E-state index in [1.54, 1.807) is 21.1 Å². The Morgan fingerprint density at radius 3 is 2.56 bits per heavy atom. The van der Waals surface area contributed by atoms with Gasteiger partial charge in [0.25, 0.3) is 0 Å². The molecule has 0 spiro atoms. The summed E-state index contributed by atoms with van der Waals surface area (Å²) in [6, 6.07) is 0. The zero-order chi connectivity index (χ0) is 12.6. The summed E-state index contributed by atoms with van der Waals surface area (Å²) in [5.41, 5.74) is 0. The number of rotatable bonds is 9. The number of ether oxygens (including phenoxy) is 1. The van der Waals surface area contributed by atoms with Crippen LogP contribution in [0.25, 0.3) is 0 Å². The Morgan fingerprint density at radius 1 is 1.44 bits per heavy atom. The number of nitrogens with one attached hydrogen (secondary N) is 1. The van der Waals surface area contributed by atoms with Crippen LogP contribution in [0.5, 0.6) is 0 Å². The van der Waals surface area contributed by atoms with Crippen LogP contribution in [0.1, 0.15) is 20.3 Å². The van der Waals surface area contributed by atoms with Crippen LogP contribution in [0.3, 0.4) is 0 Å². The number of sulfonamides is 1. The average molecular weight is 252 g/mol. The van der Waals surface area contributed by atoms with Crippen LogP contribution in [-0.2, 0) is 14.8 Å². The first-order chi connectivity index (χ1) is 7.46. The predicted molar refractivity (Wildman–Crippen MR) is 66.0 cm³/mol. The number of nitrogens with zero attached hydrogens (tertiary/aromatic N) is 1. The summed E-state index contributed by atoms with van der Waals surface area (Å²) in [4.78, 5) is 0. The maximum absolute atomic E-state index is 12.0. The van der Waals surface area contributed by atoms with Crippen molar-refractivity contribution in [2.45, 2.75) is 25.5 Å². The van der Waals surface area contributed by atoms with E-state index in [1.807, 2.05) is 6.92 Å². The van der Waals surface area contributed by atoms with Gasteiger partial charge >= 0.3 is 0 Å². The van der Waals surface area contributed by atoms with Crippen LogP contribution in [0.2, 0.25) is 0 Å². The van der Waals surface area contributed by atoms with Crippen LogP contribution in [0, 0.1) is 0 Å². The highest BCUT2D eigenvalue weighted by molar-refractivity contribution is 7.89. The fraction of sp³-hybridized carbons (Fsp3) is 1.00. The molecule has 0 aromatic carbocycles. The first kappa shape index (κ1) is 15.8. The minimum atomic E-state index is -3.18.